The number of Topliss-reactive ketones (excluding diaryl/α,β-unsaturated/α-hetero) is 1. The third-order valence-corrected chi connectivity index (χ3v) is 5.03. The van der Waals surface area contributed by atoms with E-state index < -0.39 is 11.8 Å². The molecule has 0 saturated heterocycles. The van der Waals surface area contributed by atoms with Crippen molar-refractivity contribution in [3.63, 3.8) is 0 Å². The van der Waals surface area contributed by atoms with Gasteiger partial charge < -0.3 is 9.47 Å². The number of carbonyl (C=O) groups is 2. The lowest BCUT2D eigenvalue weighted by Crippen LogP contribution is -2.11. The number of ketones is 1. The summed E-state index contributed by atoms with van der Waals surface area (Å²) in [4.78, 5) is 25.0. The molecule has 1 aliphatic rings. The number of esters is 1. The van der Waals surface area contributed by atoms with Crippen LogP contribution < -0.4 is 9.47 Å². The number of ether oxygens (including phenoxy) is 2. The number of allylic oxidation sites excluding steroid dienone is 1. The van der Waals surface area contributed by atoms with Crippen LogP contribution in [0.3, 0.4) is 0 Å². The van der Waals surface area contributed by atoms with Gasteiger partial charge in [0.05, 0.1) is 11.1 Å². The average molecular weight is 453 g/mol. The molecule has 0 fully saturated rings. The summed E-state index contributed by atoms with van der Waals surface area (Å²) in [6, 6.07) is 16.1. The van der Waals surface area contributed by atoms with Crippen molar-refractivity contribution in [2.45, 2.75) is 6.92 Å². The van der Waals surface area contributed by atoms with Gasteiger partial charge in [-0.3, -0.25) is 4.79 Å². The van der Waals surface area contributed by atoms with E-state index in [9.17, 15) is 14.0 Å². The second-order valence-electron chi connectivity index (χ2n) is 6.43. The number of benzene rings is 3. The van der Waals surface area contributed by atoms with E-state index in [2.05, 4.69) is 15.9 Å². The molecule has 0 amide bonds. The highest BCUT2D eigenvalue weighted by atomic mass is 79.9. The molecule has 0 bridgehead atoms. The van der Waals surface area contributed by atoms with Gasteiger partial charge in [0.15, 0.2) is 5.76 Å². The van der Waals surface area contributed by atoms with Crippen molar-refractivity contribution in [2.24, 2.45) is 0 Å². The van der Waals surface area contributed by atoms with Crippen molar-refractivity contribution in [3.05, 3.63) is 99.0 Å². The van der Waals surface area contributed by atoms with Crippen LogP contribution in [0.5, 0.6) is 11.5 Å². The average Bonchev–Trinajstić information content (AvgIpc) is 3.02. The first-order valence-corrected chi connectivity index (χ1v) is 9.53. The zero-order chi connectivity index (χ0) is 20.5. The summed E-state index contributed by atoms with van der Waals surface area (Å²) in [5, 5.41) is 0. The summed E-state index contributed by atoms with van der Waals surface area (Å²) in [7, 11) is 0. The Hall–Kier alpha value is -3.25. The van der Waals surface area contributed by atoms with Crippen LogP contribution in [0.15, 0.2) is 70.9 Å². The van der Waals surface area contributed by atoms with Crippen LogP contribution in [-0.4, -0.2) is 11.8 Å². The molecule has 3 aromatic rings. The standard InChI is InChI=1S/C23H14BrFO4/c1-13-19(29-23(27)16-4-2-3-5-18(16)25)11-10-17-21(26)20(28-22(13)17)12-14-6-8-15(24)9-7-14/h2-12H,1H3/b20-12-. The molecule has 6 heteroatoms. The summed E-state index contributed by atoms with van der Waals surface area (Å²) < 4.78 is 25.9. The second kappa shape index (κ2) is 7.64. The van der Waals surface area contributed by atoms with E-state index in [0.717, 1.165) is 10.0 Å². The molecule has 0 N–H and O–H groups in total. The van der Waals surface area contributed by atoms with Crippen LogP contribution >= 0.6 is 15.9 Å². The first kappa shape index (κ1) is 19.1. The lowest BCUT2D eigenvalue weighted by Gasteiger charge is -2.10. The van der Waals surface area contributed by atoms with Crippen LogP contribution in [0.1, 0.15) is 31.8 Å². The third-order valence-electron chi connectivity index (χ3n) is 4.50. The largest absolute Gasteiger partial charge is 0.452 e. The lowest BCUT2D eigenvalue weighted by atomic mass is 10.1. The van der Waals surface area contributed by atoms with E-state index in [-0.39, 0.29) is 22.9 Å². The van der Waals surface area contributed by atoms with Crippen LogP contribution in [0.4, 0.5) is 4.39 Å². The molecule has 1 aliphatic heterocycles. The summed E-state index contributed by atoms with van der Waals surface area (Å²) in [5.74, 6) is -1.02. The number of hydrogen-bond donors (Lipinski definition) is 0. The Balaban J connectivity index is 1.62. The van der Waals surface area contributed by atoms with E-state index in [1.807, 2.05) is 24.3 Å². The number of rotatable bonds is 3. The molecule has 4 rings (SSSR count). The van der Waals surface area contributed by atoms with E-state index >= 15 is 0 Å². The van der Waals surface area contributed by atoms with Gasteiger partial charge >= 0.3 is 5.97 Å². The highest BCUT2D eigenvalue weighted by molar-refractivity contribution is 9.10. The molecule has 0 unspecified atom stereocenters. The molecular weight excluding hydrogens is 439 g/mol. The van der Waals surface area contributed by atoms with Crippen molar-refractivity contribution in [3.8, 4) is 11.5 Å². The maximum atomic E-state index is 13.8. The zero-order valence-corrected chi connectivity index (χ0v) is 16.8. The third kappa shape index (κ3) is 3.71. The second-order valence-corrected chi connectivity index (χ2v) is 7.34. The number of hydrogen-bond acceptors (Lipinski definition) is 4. The van der Waals surface area contributed by atoms with Crippen molar-refractivity contribution < 1.29 is 23.5 Å². The SMILES string of the molecule is Cc1c(OC(=O)c2ccccc2F)ccc2c1O/C(=C\c1ccc(Br)cc1)C2=O. The molecular formula is C23H14BrFO4. The maximum absolute atomic E-state index is 13.8. The van der Waals surface area contributed by atoms with Gasteiger partial charge in [0, 0.05) is 10.0 Å². The Morgan fingerprint density at radius 1 is 1.07 bits per heavy atom. The van der Waals surface area contributed by atoms with E-state index in [1.165, 1.54) is 30.3 Å². The molecule has 29 heavy (non-hydrogen) atoms. The monoisotopic (exact) mass is 452 g/mol. The quantitative estimate of drug-likeness (QED) is 0.289. The topological polar surface area (TPSA) is 52.6 Å². The van der Waals surface area contributed by atoms with Crippen molar-refractivity contribution in [1.29, 1.82) is 0 Å². The molecule has 0 aromatic heterocycles. The predicted octanol–water partition coefficient (Wildman–Crippen LogP) is 5.73. The van der Waals surface area contributed by atoms with Crippen LogP contribution in [0.2, 0.25) is 0 Å². The Morgan fingerprint density at radius 2 is 1.79 bits per heavy atom. The van der Waals surface area contributed by atoms with Crippen LogP contribution in [0.25, 0.3) is 6.08 Å². The number of fused-ring (bicyclic) bond motifs is 1. The number of carbonyl (C=O) groups excluding carboxylic acids is 2. The molecule has 0 spiro atoms. The fourth-order valence-electron chi connectivity index (χ4n) is 2.97. The normalized spacial score (nSPS) is 13.9. The van der Waals surface area contributed by atoms with E-state index in [4.69, 9.17) is 9.47 Å². The molecule has 0 atom stereocenters. The van der Waals surface area contributed by atoms with E-state index in [0.29, 0.717) is 16.9 Å². The van der Waals surface area contributed by atoms with Gasteiger partial charge in [-0.05, 0) is 55.0 Å². The predicted molar refractivity (Wildman–Crippen MR) is 110 cm³/mol. The summed E-state index contributed by atoms with van der Waals surface area (Å²) in [5.41, 5.74) is 1.52. The smallest absolute Gasteiger partial charge is 0.346 e. The summed E-state index contributed by atoms with van der Waals surface area (Å²) in [6.45, 7) is 1.68. The molecule has 1 heterocycles. The Kier molecular flexibility index (Phi) is 5.03. The minimum Gasteiger partial charge on any atom is -0.452 e. The van der Waals surface area contributed by atoms with Gasteiger partial charge in [-0.2, -0.15) is 0 Å². The lowest BCUT2D eigenvalue weighted by molar-refractivity contribution is 0.0728. The minimum absolute atomic E-state index is 0.166. The first-order chi connectivity index (χ1) is 13.9. The molecule has 4 nitrogen and oxygen atoms in total. The molecule has 144 valence electrons. The maximum Gasteiger partial charge on any atom is 0.346 e. The van der Waals surface area contributed by atoms with Crippen LogP contribution in [0, 0.1) is 12.7 Å². The summed E-state index contributed by atoms with van der Waals surface area (Å²) in [6.07, 6.45) is 1.65. The van der Waals surface area contributed by atoms with Gasteiger partial charge in [-0.1, -0.05) is 40.2 Å². The highest BCUT2D eigenvalue weighted by Crippen LogP contribution is 2.39. The highest BCUT2D eigenvalue weighted by Gasteiger charge is 2.30. The molecule has 0 aliphatic carbocycles. The zero-order valence-electron chi connectivity index (χ0n) is 15.2. The van der Waals surface area contributed by atoms with Crippen molar-refractivity contribution in [2.75, 3.05) is 0 Å². The summed E-state index contributed by atoms with van der Waals surface area (Å²) >= 11 is 3.37. The van der Waals surface area contributed by atoms with Gasteiger partial charge in [-0.15, -0.1) is 0 Å². The van der Waals surface area contributed by atoms with Gasteiger partial charge in [0.25, 0.3) is 0 Å². The van der Waals surface area contributed by atoms with Crippen molar-refractivity contribution >= 4 is 33.8 Å². The Labute approximate surface area is 174 Å². The Bertz CT molecular complexity index is 1170. The minimum atomic E-state index is -0.818. The van der Waals surface area contributed by atoms with Gasteiger partial charge in [-0.25, -0.2) is 9.18 Å². The fourth-order valence-corrected chi connectivity index (χ4v) is 3.23. The van der Waals surface area contributed by atoms with Crippen molar-refractivity contribution in [1.82, 2.24) is 0 Å². The van der Waals surface area contributed by atoms with Gasteiger partial charge in [0.2, 0.25) is 5.78 Å². The van der Waals surface area contributed by atoms with Crippen LogP contribution in [-0.2, 0) is 0 Å². The Morgan fingerprint density at radius 3 is 2.52 bits per heavy atom. The van der Waals surface area contributed by atoms with Gasteiger partial charge in [0.1, 0.15) is 17.3 Å². The van der Waals surface area contributed by atoms with E-state index in [1.54, 1.807) is 19.1 Å². The molecule has 3 aromatic carbocycles. The fraction of sp³-hybridized carbons (Fsp3) is 0.0435. The molecule has 0 saturated carbocycles. The molecule has 0 radical (unpaired) electrons. The number of halogens is 2. The first-order valence-electron chi connectivity index (χ1n) is 8.74.